The number of thiophene rings is 1. The van der Waals surface area contributed by atoms with Gasteiger partial charge in [0.2, 0.25) is 11.8 Å². The smallest absolute Gasteiger partial charge is 0.337 e. The van der Waals surface area contributed by atoms with Crippen molar-refractivity contribution in [1.29, 1.82) is 0 Å². The number of esters is 1. The molecule has 8 heteroatoms. The third kappa shape index (κ3) is 6.57. The minimum Gasteiger partial charge on any atom is -0.497 e. The Hall–Kier alpha value is -3.65. The van der Waals surface area contributed by atoms with Gasteiger partial charge in [-0.1, -0.05) is 37.5 Å². The number of ether oxygens (including phenoxy) is 2. The molecule has 4 rings (SSSR count). The monoisotopic (exact) mass is 520 g/mol. The van der Waals surface area contributed by atoms with Gasteiger partial charge in [0, 0.05) is 16.6 Å². The molecule has 0 saturated heterocycles. The highest BCUT2D eigenvalue weighted by molar-refractivity contribution is 7.10. The second-order valence-electron chi connectivity index (χ2n) is 9.08. The van der Waals surface area contributed by atoms with Gasteiger partial charge in [0.25, 0.3) is 0 Å². The number of hydrogen-bond donors (Lipinski definition) is 1. The Morgan fingerprint density at radius 1 is 1.00 bits per heavy atom. The summed E-state index contributed by atoms with van der Waals surface area (Å²) in [4.78, 5) is 42.3. The predicted molar refractivity (Wildman–Crippen MR) is 144 cm³/mol. The third-order valence-electron chi connectivity index (χ3n) is 6.61. The Bertz CT molecular complexity index is 1200. The van der Waals surface area contributed by atoms with E-state index in [0.29, 0.717) is 22.6 Å². The van der Waals surface area contributed by atoms with E-state index < -0.39 is 12.0 Å². The van der Waals surface area contributed by atoms with Gasteiger partial charge in [0.15, 0.2) is 0 Å². The summed E-state index contributed by atoms with van der Waals surface area (Å²) in [6.07, 6.45) is 5.31. The molecule has 194 valence electrons. The maximum Gasteiger partial charge on any atom is 0.337 e. The van der Waals surface area contributed by atoms with Gasteiger partial charge in [-0.3, -0.25) is 14.5 Å². The van der Waals surface area contributed by atoms with Crippen LogP contribution in [0.3, 0.4) is 0 Å². The first-order valence-corrected chi connectivity index (χ1v) is 13.3. The van der Waals surface area contributed by atoms with Crippen LogP contribution in [0.2, 0.25) is 0 Å². The summed E-state index contributed by atoms with van der Waals surface area (Å²) in [5, 5.41) is 5.14. The topological polar surface area (TPSA) is 84.9 Å². The van der Waals surface area contributed by atoms with Crippen molar-refractivity contribution in [3.05, 3.63) is 82.0 Å². The minimum atomic E-state index is -0.923. The van der Waals surface area contributed by atoms with Gasteiger partial charge in [-0.15, -0.1) is 11.3 Å². The summed E-state index contributed by atoms with van der Waals surface area (Å²) in [7, 11) is 2.89. The summed E-state index contributed by atoms with van der Waals surface area (Å²) in [5.74, 6) is -0.335. The molecule has 1 aliphatic carbocycles. The maximum absolute atomic E-state index is 13.9. The summed E-state index contributed by atoms with van der Waals surface area (Å²) in [5.41, 5.74) is 1.52. The highest BCUT2D eigenvalue weighted by atomic mass is 32.1. The molecule has 2 aromatic carbocycles. The van der Waals surface area contributed by atoms with Crippen molar-refractivity contribution >= 4 is 34.8 Å². The molecule has 0 spiro atoms. The minimum absolute atomic E-state index is 0.0744. The van der Waals surface area contributed by atoms with Gasteiger partial charge < -0.3 is 14.8 Å². The number of anilines is 1. The molecule has 1 aliphatic rings. The van der Waals surface area contributed by atoms with E-state index in [4.69, 9.17) is 9.47 Å². The summed E-state index contributed by atoms with van der Waals surface area (Å²) < 4.78 is 10.3. The number of nitrogens with zero attached hydrogens (tertiary/aromatic N) is 1. The molecule has 7 nitrogen and oxygen atoms in total. The van der Waals surface area contributed by atoms with Crippen molar-refractivity contribution in [1.82, 2.24) is 5.32 Å². The van der Waals surface area contributed by atoms with Crippen LogP contribution in [0.25, 0.3) is 0 Å². The van der Waals surface area contributed by atoms with Crippen molar-refractivity contribution in [2.75, 3.05) is 19.1 Å². The van der Waals surface area contributed by atoms with Crippen molar-refractivity contribution in [3.63, 3.8) is 0 Å². The molecule has 1 aromatic heterocycles. The lowest BCUT2D eigenvalue weighted by Crippen LogP contribution is -2.47. The Balaban J connectivity index is 1.77. The first-order valence-electron chi connectivity index (χ1n) is 12.5. The number of carbonyl (C=O) groups is 3. The van der Waals surface area contributed by atoms with Crippen LogP contribution in [0.15, 0.2) is 66.0 Å². The Morgan fingerprint density at radius 3 is 2.41 bits per heavy atom. The van der Waals surface area contributed by atoms with Crippen LogP contribution >= 0.6 is 11.3 Å². The highest BCUT2D eigenvalue weighted by Gasteiger charge is 2.34. The zero-order chi connectivity index (χ0) is 26.2. The van der Waals surface area contributed by atoms with Crippen LogP contribution in [0.1, 0.15) is 58.9 Å². The summed E-state index contributed by atoms with van der Waals surface area (Å²) in [6.45, 7) is 0. The van der Waals surface area contributed by atoms with Gasteiger partial charge in [-0.2, -0.15) is 0 Å². The zero-order valence-electron chi connectivity index (χ0n) is 21.1. The van der Waals surface area contributed by atoms with Crippen molar-refractivity contribution in [2.24, 2.45) is 0 Å². The fraction of sp³-hybridized carbons (Fsp3) is 0.345. The van der Waals surface area contributed by atoms with E-state index in [9.17, 15) is 14.4 Å². The SMILES string of the molecule is COC(=O)c1ccc(N(C(=O)Cc2cccs2)[C@@H](C(=O)NC2CCCCC2)c2cccc(OC)c2)cc1. The third-order valence-corrected chi connectivity index (χ3v) is 7.48. The Labute approximate surface area is 221 Å². The van der Waals surface area contributed by atoms with E-state index in [-0.39, 0.29) is 24.3 Å². The van der Waals surface area contributed by atoms with Crippen molar-refractivity contribution in [3.8, 4) is 5.75 Å². The number of rotatable bonds is 9. The first-order chi connectivity index (χ1) is 18.0. The van der Waals surface area contributed by atoms with E-state index >= 15 is 0 Å². The quantitative estimate of drug-likeness (QED) is 0.387. The lowest BCUT2D eigenvalue weighted by molar-refractivity contribution is -0.127. The number of methoxy groups -OCH3 is 2. The molecule has 1 N–H and O–H groups in total. The number of hydrogen-bond acceptors (Lipinski definition) is 6. The Kier molecular flexibility index (Phi) is 8.95. The molecule has 0 unspecified atom stereocenters. The molecule has 3 aromatic rings. The number of nitrogens with one attached hydrogen (secondary N) is 1. The molecule has 0 aliphatic heterocycles. The number of amides is 2. The predicted octanol–water partition coefficient (Wildman–Crippen LogP) is 5.31. The van der Waals surface area contributed by atoms with Gasteiger partial charge >= 0.3 is 5.97 Å². The second-order valence-corrected chi connectivity index (χ2v) is 10.1. The lowest BCUT2D eigenvalue weighted by atomic mass is 9.94. The average Bonchev–Trinajstić information content (AvgIpc) is 3.44. The van der Waals surface area contributed by atoms with E-state index in [1.54, 1.807) is 37.4 Å². The zero-order valence-corrected chi connectivity index (χ0v) is 22.0. The Morgan fingerprint density at radius 2 is 1.76 bits per heavy atom. The van der Waals surface area contributed by atoms with Gasteiger partial charge in [-0.05, 0) is 66.2 Å². The van der Waals surface area contributed by atoms with E-state index in [1.807, 2.05) is 35.7 Å². The number of carbonyl (C=O) groups excluding carboxylic acids is 3. The molecule has 37 heavy (non-hydrogen) atoms. The molecule has 1 fully saturated rings. The van der Waals surface area contributed by atoms with Crippen LogP contribution in [0, 0.1) is 0 Å². The maximum atomic E-state index is 13.9. The van der Waals surface area contributed by atoms with Crippen LogP contribution in [-0.4, -0.2) is 38.0 Å². The fourth-order valence-electron chi connectivity index (χ4n) is 4.72. The van der Waals surface area contributed by atoms with Crippen molar-refractivity contribution in [2.45, 2.75) is 50.6 Å². The standard InChI is InChI=1S/C29H32N2O5S/c1-35-24-11-6-8-21(18-24)27(28(33)30-22-9-4-3-5-10-22)31(26(32)19-25-12-7-17-37-25)23-15-13-20(14-16-23)29(34)36-2/h6-8,11-18,22,27H,3-5,9-10,19H2,1-2H3,(H,30,33)/t27-/m1/s1. The second kappa shape index (κ2) is 12.5. The molecule has 2 amide bonds. The van der Waals surface area contributed by atoms with Gasteiger partial charge in [-0.25, -0.2) is 4.79 Å². The van der Waals surface area contributed by atoms with E-state index in [0.717, 1.165) is 30.6 Å². The average molecular weight is 521 g/mol. The van der Waals surface area contributed by atoms with Crippen LogP contribution in [0.5, 0.6) is 5.75 Å². The molecule has 1 heterocycles. The molecular weight excluding hydrogens is 488 g/mol. The normalized spacial score (nSPS) is 14.4. The lowest BCUT2D eigenvalue weighted by Gasteiger charge is -2.33. The highest BCUT2D eigenvalue weighted by Crippen LogP contribution is 2.32. The largest absolute Gasteiger partial charge is 0.497 e. The van der Waals surface area contributed by atoms with Gasteiger partial charge in [0.1, 0.15) is 11.8 Å². The van der Waals surface area contributed by atoms with E-state index in [2.05, 4.69) is 5.32 Å². The molecule has 1 atom stereocenters. The van der Waals surface area contributed by atoms with Crippen molar-refractivity contribution < 1.29 is 23.9 Å². The number of benzene rings is 2. The summed E-state index contributed by atoms with van der Waals surface area (Å²) >= 11 is 1.49. The molecule has 1 saturated carbocycles. The van der Waals surface area contributed by atoms with Crippen LogP contribution in [-0.2, 0) is 20.7 Å². The molecular formula is C29H32N2O5S. The fourth-order valence-corrected chi connectivity index (χ4v) is 5.41. The molecule has 0 bridgehead atoms. The van der Waals surface area contributed by atoms with E-state index in [1.165, 1.54) is 29.8 Å². The molecule has 0 radical (unpaired) electrons. The summed E-state index contributed by atoms with van der Waals surface area (Å²) in [6, 6.07) is 16.8. The van der Waals surface area contributed by atoms with Gasteiger partial charge in [0.05, 0.1) is 26.2 Å². The van der Waals surface area contributed by atoms with Crippen LogP contribution < -0.4 is 15.0 Å². The van der Waals surface area contributed by atoms with Crippen LogP contribution in [0.4, 0.5) is 5.69 Å². The first kappa shape index (κ1) is 26.4.